The van der Waals surface area contributed by atoms with Crippen molar-refractivity contribution in [3.63, 3.8) is 0 Å². The first-order valence-electron chi connectivity index (χ1n) is 7.83. The molecule has 23 heavy (non-hydrogen) atoms. The van der Waals surface area contributed by atoms with Crippen molar-refractivity contribution in [1.82, 2.24) is 10.2 Å². The van der Waals surface area contributed by atoms with Gasteiger partial charge in [0.2, 0.25) is 5.78 Å². The molecule has 1 rings (SSSR count). The van der Waals surface area contributed by atoms with Crippen molar-refractivity contribution in [2.24, 2.45) is 5.92 Å². The molecule has 0 bridgehead atoms. The van der Waals surface area contributed by atoms with Gasteiger partial charge < -0.3 is 20.1 Å². The first kappa shape index (κ1) is 18.9. The van der Waals surface area contributed by atoms with Crippen LogP contribution in [0, 0.1) is 5.92 Å². The summed E-state index contributed by atoms with van der Waals surface area (Å²) in [5, 5.41) is 11.4. The number of carbonyl (C=O) groups is 4. The Bertz CT molecular complexity index is 465. The topological polar surface area (TPSA) is 113 Å². The lowest BCUT2D eigenvalue weighted by Crippen LogP contribution is -2.52. The molecule has 2 atom stereocenters. The van der Waals surface area contributed by atoms with Crippen molar-refractivity contribution < 1.29 is 29.0 Å². The van der Waals surface area contributed by atoms with E-state index in [-0.39, 0.29) is 25.5 Å². The van der Waals surface area contributed by atoms with Crippen LogP contribution in [0.1, 0.15) is 39.5 Å². The zero-order valence-electron chi connectivity index (χ0n) is 13.5. The number of Topliss-reactive ketones (excluding diaryl/α,β-unsaturated/α-hetero) is 1. The lowest BCUT2D eigenvalue weighted by atomic mass is 9.96. The second-order valence-corrected chi connectivity index (χ2v) is 5.73. The molecule has 8 nitrogen and oxygen atoms in total. The third kappa shape index (κ3) is 6.25. The number of amides is 2. The molecule has 8 heteroatoms. The number of ketones is 1. The van der Waals surface area contributed by atoms with Crippen LogP contribution in [-0.2, 0) is 19.1 Å². The van der Waals surface area contributed by atoms with E-state index in [1.165, 1.54) is 4.90 Å². The van der Waals surface area contributed by atoms with Crippen LogP contribution in [0.15, 0.2) is 0 Å². The maximum atomic E-state index is 11.9. The number of carboxylic acids is 1. The van der Waals surface area contributed by atoms with Gasteiger partial charge in [0.15, 0.2) is 0 Å². The summed E-state index contributed by atoms with van der Waals surface area (Å²) in [7, 11) is 0. The third-order valence-corrected chi connectivity index (χ3v) is 3.69. The van der Waals surface area contributed by atoms with Gasteiger partial charge in [0.05, 0.1) is 19.1 Å². The molecule has 0 aromatic rings. The van der Waals surface area contributed by atoms with E-state index in [0.29, 0.717) is 19.4 Å². The van der Waals surface area contributed by atoms with Crippen LogP contribution in [0.5, 0.6) is 0 Å². The summed E-state index contributed by atoms with van der Waals surface area (Å²) < 4.78 is 4.94. The van der Waals surface area contributed by atoms with Crippen LogP contribution in [-0.4, -0.2) is 59.5 Å². The SMILES string of the molecule is CCCCOC(=O)NC(CC(=O)O)CN1CCC(C)C(=O)C1=O. The van der Waals surface area contributed by atoms with E-state index in [9.17, 15) is 19.2 Å². The monoisotopic (exact) mass is 328 g/mol. The highest BCUT2D eigenvalue weighted by Crippen LogP contribution is 2.15. The molecule has 130 valence electrons. The smallest absolute Gasteiger partial charge is 0.407 e. The molecule has 1 aliphatic rings. The van der Waals surface area contributed by atoms with Crippen LogP contribution in [0.4, 0.5) is 4.79 Å². The maximum absolute atomic E-state index is 11.9. The van der Waals surface area contributed by atoms with Crippen LogP contribution in [0.25, 0.3) is 0 Å². The number of nitrogens with one attached hydrogen (secondary N) is 1. The lowest BCUT2D eigenvalue weighted by Gasteiger charge is -2.31. The molecule has 0 spiro atoms. The van der Waals surface area contributed by atoms with Crippen LogP contribution in [0.2, 0.25) is 0 Å². The van der Waals surface area contributed by atoms with Gasteiger partial charge in [-0.05, 0) is 12.8 Å². The van der Waals surface area contributed by atoms with E-state index >= 15 is 0 Å². The fourth-order valence-electron chi connectivity index (χ4n) is 2.28. The number of aliphatic carboxylic acids is 1. The molecule has 1 saturated heterocycles. The lowest BCUT2D eigenvalue weighted by molar-refractivity contribution is -0.150. The van der Waals surface area contributed by atoms with Gasteiger partial charge in [0, 0.05) is 19.0 Å². The minimum atomic E-state index is -1.10. The number of piperidine rings is 1. The number of rotatable bonds is 8. The first-order chi connectivity index (χ1) is 10.8. The van der Waals surface area contributed by atoms with Crippen LogP contribution in [0.3, 0.4) is 0 Å². The summed E-state index contributed by atoms with van der Waals surface area (Å²) in [4.78, 5) is 47.5. The molecule has 0 aliphatic carbocycles. The number of unbranched alkanes of at least 4 members (excludes halogenated alkanes) is 1. The largest absolute Gasteiger partial charge is 0.481 e. The third-order valence-electron chi connectivity index (χ3n) is 3.69. The quantitative estimate of drug-likeness (QED) is 0.503. The predicted molar refractivity (Wildman–Crippen MR) is 80.8 cm³/mol. The van der Waals surface area contributed by atoms with Gasteiger partial charge in [0.1, 0.15) is 0 Å². The van der Waals surface area contributed by atoms with Gasteiger partial charge in [-0.15, -0.1) is 0 Å². The molecule has 1 fully saturated rings. The summed E-state index contributed by atoms with van der Waals surface area (Å²) in [5.74, 6) is -2.52. The Balaban J connectivity index is 2.60. The number of nitrogens with zero attached hydrogens (tertiary/aromatic N) is 1. The Labute approximate surface area is 135 Å². The van der Waals surface area contributed by atoms with Gasteiger partial charge >= 0.3 is 12.1 Å². The number of ether oxygens (including phenoxy) is 1. The first-order valence-corrected chi connectivity index (χ1v) is 7.83. The van der Waals surface area contributed by atoms with Crippen LogP contribution < -0.4 is 5.32 Å². The summed E-state index contributed by atoms with van der Waals surface area (Å²) in [6.07, 6.45) is 1.05. The summed E-state index contributed by atoms with van der Waals surface area (Å²) >= 11 is 0. The Kier molecular flexibility index (Phi) is 7.50. The fraction of sp³-hybridized carbons (Fsp3) is 0.733. The van der Waals surface area contributed by atoms with Crippen molar-refractivity contribution in [3.8, 4) is 0 Å². The molecule has 0 aromatic heterocycles. The minimum absolute atomic E-state index is 0.0214. The van der Waals surface area contributed by atoms with Gasteiger partial charge in [-0.1, -0.05) is 20.3 Å². The van der Waals surface area contributed by atoms with Crippen LogP contribution >= 0.6 is 0 Å². The van der Waals surface area contributed by atoms with Crippen molar-refractivity contribution in [1.29, 1.82) is 0 Å². The van der Waals surface area contributed by atoms with E-state index in [4.69, 9.17) is 9.84 Å². The Hall–Kier alpha value is -2.12. The second kappa shape index (κ2) is 9.12. The molecule has 1 aliphatic heterocycles. The highest BCUT2D eigenvalue weighted by atomic mass is 16.5. The predicted octanol–water partition coefficient (Wildman–Crippen LogP) is 0.794. The number of likely N-dealkylation sites (tertiary alicyclic amines) is 1. The van der Waals surface area contributed by atoms with E-state index in [0.717, 1.165) is 6.42 Å². The van der Waals surface area contributed by atoms with Gasteiger partial charge in [-0.3, -0.25) is 14.4 Å². The average Bonchev–Trinajstić information content (AvgIpc) is 2.47. The molecule has 2 unspecified atom stereocenters. The summed E-state index contributed by atoms with van der Waals surface area (Å²) in [5.41, 5.74) is 0. The Morgan fingerprint density at radius 3 is 2.74 bits per heavy atom. The molecule has 0 saturated carbocycles. The number of carboxylic acid groups (broad SMARTS) is 1. The summed E-state index contributed by atoms with van der Waals surface area (Å²) in [6, 6.07) is -0.799. The van der Waals surface area contributed by atoms with Gasteiger partial charge in [0.25, 0.3) is 5.91 Å². The fourth-order valence-corrected chi connectivity index (χ4v) is 2.28. The minimum Gasteiger partial charge on any atom is -0.481 e. The number of hydrogen-bond acceptors (Lipinski definition) is 5. The normalized spacial score (nSPS) is 19.4. The number of alkyl carbamates (subject to hydrolysis) is 1. The summed E-state index contributed by atoms with van der Waals surface area (Å²) in [6.45, 7) is 4.24. The standard InChI is InChI=1S/C15H24N2O6/c1-3-4-7-23-15(22)16-11(8-12(18)19)9-17-6-5-10(2)13(20)14(17)21/h10-11H,3-9H2,1-2H3,(H,16,22)(H,18,19). The maximum Gasteiger partial charge on any atom is 0.407 e. The van der Waals surface area contributed by atoms with E-state index < -0.39 is 29.8 Å². The van der Waals surface area contributed by atoms with Crippen molar-refractivity contribution in [2.75, 3.05) is 19.7 Å². The Morgan fingerprint density at radius 2 is 2.13 bits per heavy atom. The zero-order valence-corrected chi connectivity index (χ0v) is 13.5. The highest BCUT2D eigenvalue weighted by Gasteiger charge is 2.33. The van der Waals surface area contributed by atoms with E-state index in [1.54, 1.807) is 6.92 Å². The molecule has 2 N–H and O–H groups in total. The second-order valence-electron chi connectivity index (χ2n) is 5.73. The van der Waals surface area contributed by atoms with E-state index in [1.807, 2.05) is 6.92 Å². The van der Waals surface area contributed by atoms with E-state index in [2.05, 4.69) is 5.32 Å². The van der Waals surface area contributed by atoms with Gasteiger partial charge in [-0.25, -0.2) is 4.79 Å². The van der Waals surface area contributed by atoms with Crippen molar-refractivity contribution in [2.45, 2.75) is 45.6 Å². The molecule has 2 amide bonds. The number of hydrogen-bond donors (Lipinski definition) is 2. The number of carbonyl (C=O) groups excluding carboxylic acids is 3. The molecular weight excluding hydrogens is 304 g/mol. The molecular formula is C15H24N2O6. The molecule has 0 radical (unpaired) electrons. The Morgan fingerprint density at radius 1 is 1.43 bits per heavy atom. The average molecular weight is 328 g/mol. The molecule has 1 heterocycles. The van der Waals surface area contributed by atoms with Crippen molar-refractivity contribution in [3.05, 3.63) is 0 Å². The van der Waals surface area contributed by atoms with Crippen molar-refractivity contribution >= 4 is 23.8 Å². The van der Waals surface area contributed by atoms with Gasteiger partial charge in [-0.2, -0.15) is 0 Å². The zero-order chi connectivity index (χ0) is 17.4. The molecule has 0 aromatic carbocycles. The highest BCUT2D eigenvalue weighted by molar-refractivity contribution is 6.37.